The third kappa shape index (κ3) is 5.85. The van der Waals surface area contributed by atoms with Gasteiger partial charge in [-0.05, 0) is 19.1 Å². The Morgan fingerprint density at radius 1 is 1.03 bits per heavy atom. The molecule has 0 bridgehead atoms. The fraction of sp³-hybridized carbons (Fsp3) is 0.375. The van der Waals surface area contributed by atoms with Gasteiger partial charge in [-0.3, -0.25) is 4.90 Å². The van der Waals surface area contributed by atoms with Crippen LogP contribution in [0.2, 0.25) is 0 Å². The lowest BCUT2D eigenvalue weighted by molar-refractivity contribution is 0.0936. The number of nitrogens with zero attached hydrogens (tertiary/aromatic N) is 3. The van der Waals surface area contributed by atoms with Gasteiger partial charge in [0.1, 0.15) is 5.69 Å². The first-order valence-corrected chi connectivity index (χ1v) is 10.3. The van der Waals surface area contributed by atoms with Crippen LogP contribution in [-0.2, 0) is 18.3 Å². The second-order valence-electron chi connectivity index (χ2n) is 7.45. The molecule has 3 aromatic rings. The molecule has 7 nitrogen and oxygen atoms in total. The summed E-state index contributed by atoms with van der Waals surface area (Å²) < 4.78 is 18.8. The van der Waals surface area contributed by atoms with Gasteiger partial charge in [0.15, 0.2) is 11.5 Å². The van der Waals surface area contributed by atoms with E-state index in [0.29, 0.717) is 43.6 Å². The summed E-state index contributed by atoms with van der Waals surface area (Å²) in [5.41, 5.74) is 2.80. The Labute approximate surface area is 183 Å². The van der Waals surface area contributed by atoms with E-state index >= 15 is 0 Å². The maximum Gasteiger partial charge on any atom is 0.222 e. The van der Waals surface area contributed by atoms with Crippen molar-refractivity contribution in [1.82, 2.24) is 14.7 Å². The van der Waals surface area contributed by atoms with Gasteiger partial charge in [0.2, 0.25) is 5.88 Å². The number of ether oxygens (including phenoxy) is 3. The van der Waals surface area contributed by atoms with Crippen LogP contribution in [0, 0.1) is 0 Å². The van der Waals surface area contributed by atoms with Gasteiger partial charge in [0.25, 0.3) is 0 Å². The quantitative estimate of drug-likeness (QED) is 0.505. The van der Waals surface area contributed by atoms with Crippen molar-refractivity contribution in [3.8, 4) is 28.6 Å². The summed E-state index contributed by atoms with van der Waals surface area (Å²) in [4.78, 5) is 2.15. The van der Waals surface area contributed by atoms with E-state index in [1.165, 1.54) is 0 Å². The number of aryl methyl sites for hydroxylation is 1. The topological polar surface area (TPSA) is 69.0 Å². The molecule has 31 heavy (non-hydrogen) atoms. The molecule has 2 aromatic carbocycles. The second-order valence-corrected chi connectivity index (χ2v) is 7.45. The number of para-hydroxylation sites is 2. The molecular formula is C24H31N3O4. The molecule has 3 rings (SSSR count). The van der Waals surface area contributed by atoms with Crippen molar-refractivity contribution < 1.29 is 19.3 Å². The van der Waals surface area contributed by atoms with Crippen molar-refractivity contribution in [2.45, 2.75) is 19.6 Å². The van der Waals surface area contributed by atoms with Gasteiger partial charge < -0.3 is 19.3 Å². The minimum Gasteiger partial charge on any atom is -0.493 e. The Hall–Kier alpha value is -2.87. The van der Waals surface area contributed by atoms with Crippen LogP contribution >= 0.6 is 0 Å². The summed E-state index contributed by atoms with van der Waals surface area (Å²) in [5, 5.41) is 14.8. The van der Waals surface area contributed by atoms with Gasteiger partial charge in [-0.15, -0.1) is 0 Å². The maximum absolute atomic E-state index is 10.0. The molecule has 0 fully saturated rings. The summed E-state index contributed by atoms with van der Waals surface area (Å²) in [6.45, 7) is 4.10. The second kappa shape index (κ2) is 10.9. The van der Waals surface area contributed by atoms with Gasteiger partial charge >= 0.3 is 0 Å². The summed E-state index contributed by atoms with van der Waals surface area (Å²) in [6.07, 6.45) is -0.465. The lowest BCUT2D eigenvalue weighted by atomic mass is 10.1. The smallest absolute Gasteiger partial charge is 0.222 e. The number of hydrogen-bond donors (Lipinski definition) is 1. The Morgan fingerprint density at radius 2 is 1.71 bits per heavy atom. The third-order valence-electron chi connectivity index (χ3n) is 4.93. The highest BCUT2D eigenvalue weighted by atomic mass is 16.5. The highest BCUT2D eigenvalue weighted by Gasteiger charge is 2.23. The molecule has 166 valence electrons. The van der Waals surface area contributed by atoms with Crippen LogP contribution in [-0.4, -0.2) is 59.8 Å². The Kier molecular flexibility index (Phi) is 8.06. The standard InChI is InChI=1S/C24H31N3O4/c1-18(28)16-27(14-15-29-3)17-20-23(19-10-6-5-7-11-19)25-26(2)24(20)31-22-13-9-8-12-21(22)30-4/h5-13,18,28H,14-17H2,1-4H3. The largest absolute Gasteiger partial charge is 0.493 e. The van der Waals surface area contributed by atoms with E-state index in [0.717, 1.165) is 16.8 Å². The molecule has 1 N–H and O–H groups in total. The van der Waals surface area contributed by atoms with Crippen molar-refractivity contribution >= 4 is 0 Å². The number of aromatic nitrogens is 2. The van der Waals surface area contributed by atoms with Crippen molar-refractivity contribution in [2.24, 2.45) is 7.05 Å². The van der Waals surface area contributed by atoms with Crippen LogP contribution in [0.1, 0.15) is 12.5 Å². The van der Waals surface area contributed by atoms with Gasteiger partial charge in [0.05, 0.1) is 25.4 Å². The lowest BCUT2D eigenvalue weighted by Gasteiger charge is -2.24. The lowest BCUT2D eigenvalue weighted by Crippen LogP contribution is -2.33. The molecule has 1 atom stereocenters. The molecule has 0 radical (unpaired) electrons. The van der Waals surface area contributed by atoms with Gasteiger partial charge in [-0.1, -0.05) is 42.5 Å². The highest BCUT2D eigenvalue weighted by molar-refractivity contribution is 5.65. The molecule has 0 aliphatic heterocycles. The maximum atomic E-state index is 10.0. The fourth-order valence-electron chi connectivity index (χ4n) is 3.51. The van der Waals surface area contributed by atoms with Crippen molar-refractivity contribution in [3.05, 3.63) is 60.2 Å². The molecule has 0 amide bonds. The fourth-order valence-corrected chi connectivity index (χ4v) is 3.51. The van der Waals surface area contributed by atoms with E-state index in [2.05, 4.69) is 4.90 Å². The highest BCUT2D eigenvalue weighted by Crippen LogP contribution is 2.37. The molecule has 0 saturated carbocycles. The first-order chi connectivity index (χ1) is 15.0. The summed E-state index contributed by atoms with van der Waals surface area (Å²) in [5.74, 6) is 1.90. The molecule has 1 heterocycles. The summed E-state index contributed by atoms with van der Waals surface area (Å²) in [7, 11) is 5.17. The molecule has 0 aliphatic carbocycles. The summed E-state index contributed by atoms with van der Waals surface area (Å²) in [6, 6.07) is 17.6. The summed E-state index contributed by atoms with van der Waals surface area (Å²) >= 11 is 0. The molecule has 1 aromatic heterocycles. The van der Waals surface area contributed by atoms with E-state index in [4.69, 9.17) is 19.3 Å². The number of hydrogen-bond acceptors (Lipinski definition) is 6. The van der Waals surface area contributed by atoms with E-state index in [1.807, 2.05) is 61.6 Å². The number of rotatable bonds is 11. The van der Waals surface area contributed by atoms with Crippen molar-refractivity contribution in [2.75, 3.05) is 33.9 Å². The Morgan fingerprint density at radius 3 is 2.35 bits per heavy atom. The molecular weight excluding hydrogens is 394 g/mol. The van der Waals surface area contributed by atoms with E-state index in [9.17, 15) is 5.11 Å². The zero-order chi connectivity index (χ0) is 22.2. The molecule has 1 unspecified atom stereocenters. The van der Waals surface area contributed by atoms with Gasteiger partial charge in [-0.2, -0.15) is 5.10 Å². The zero-order valence-electron chi connectivity index (χ0n) is 18.6. The van der Waals surface area contributed by atoms with E-state index in [1.54, 1.807) is 25.8 Å². The molecule has 7 heteroatoms. The van der Waals surface area contributed by atoms with Crippen LogP contribution in [0.3, 0.4) is 0 Å². The van der Waals surface area contributed by atoms with Crippen LogP contribution < -0.4 is 9.47 Å². The average Bonchev–Trinajstić information content (AvgIpc) is 3.07. The Balaban J connectivity index is 2.04. The number of aliphatic hydroxyl groups excluding tert-OH is 1. The number of methoxy groups -OCH3 is 2. The predicted molar refractivity (Wildman–Crippen MR) is 121 cm³/mol. The van der Waals surface area contributed by atoms with Crippen LogP contribution in [0.4, 0.5) is 0 Å². The molecule has 0 spiro atoms. The van der Waals surface area contributed by atoms with Gasteiger partial charge in [-0.25, -0.2) is 4.68 Å². The van der Waals surface area contributed by atoms with E-state index < -0.39 is 6.10 Å². The minimum absolute atomic E-state index is 0.465. The van der Waals surface area contributed by atoms with Crippen LogP contribution in [0.15, 0.2) is 54.6 Å². The van der Waals surface area contributed by atoms with Crippen molar-refractivity contribution in [1.29, 1.82) is 0 Å². The Bertz CT molecular complexity index is 957. The third-order valence-corrected chi connectivity index (χ3v) is 4.93. The molecule has 0 saturated heterocycles. The first kappa shape index (κ1) is 22.8. The van der Waals surface area contributed by atoms with Crippen LogP contribution in [0.25, 0.3) is 11.3 Å². The first-order valence-electron chi connectivity index (χ1n) is 10.3. The zero-order valence-corrected chi connectivity index (χ0v) is 18.6. The monoisotopic (exact) mass is 425 g/mol. The van der Waals surface area contributed by atoms with E-state index in [-0.39, 0.29) is 0 Å². The SMILES string of the molecule is COCCN(Cc1c(-c2ccccc2)nn(C)c1Oc1ccccc1OC)CC(C)O. The average molecular weight is 426 g/mol. The number of benzene rings is 2. The minimum atomic E-state index is -0.465. The predicted octanol–water partition coefficient (Wildman–Crippen LogP) is 3.72. The normalized spacial score (nSPS) is 12.2. The van der Waals surface area contributed by atoms with Crippen LogP contribution in [0.5, 0.6) is 17.4 Å². The molecule has 0 aliphatic rings. The van der Waals surface area contributed by atoms with Gasteiger partial charge in [0, 0.05) is 39.4 Å². The van der Waals surface area contributed by atoms with Crippen molar-refractivity contribution in [3.63, 3.8) is 0 Å². The number of aliphatic hydroxyl groups is 1.